The van der Waals surface area contributed by atoms with Gasteiger partial charge in [0.25, 0.3) is 0 Å². The number of pyridine rings is 1. The van der Waals surface area contributed by atoms with Gasteiger partial charge in [-0.3, -0.25) is 4.98 Å². The standard InChI is InChI=1S/C16H15F3N2/c17-16(18,19)15-7-8-20-10-14(15)12-3-1-11(2-4-12)9-21-13-5-6-13/h1-4,7-8,10,13,21H,5-6,9H2. The molecule has 0 bridgehead atoms. The third kappa shape index (κ3) is 3.42. The summed E-state index contributed by atoms with van der Waals surface area (Å²) in [5, 5.41) is 3.38. The number of alkyl halides is 3. The van der Waals surface area contributed by atoms with Crippen molar-refractivity contribution in [3.05, 3.63) is 53.9 Å². The van der Waals surface area contributed by atoms with E-state index in [1.807, 2.05) is 12.1 Å². The number of halogens is 3. The predicted molar refractivity (Wildman–Crippen MR) is 74.5 cm³/mol. The monoisotopic (exact) mass is 292 g/mol. The number of rotatable bonds is 4. The molecule has 0 radical (unpaired) electrons. The Morgan fingerprint density at radius 3 is 2.43 bits per heavy atom. The molecule has 0 aliphatic heterocycles. The molecule has 21 heavy (non-hydrogen) atoms. The average Bonchev–Trinajstić information content (AvgIpc) is 3.29. The van der Waals surface area contributed by atoms with Crippen molar-refractivity contribution in [2.45, 2.75) is 31.6 Å². The quantitative estimate of drug-likeness (QED) is 0.920. The van der Waals surface area contributed by atoms with Crippen LogP contribution in [0.4, 0.5) is 13.2 Å². The van der Waals surface area contributed by atoms with Crippen LogP contribution in [0.15, 0.2) is 42.7 Å². The first-order valence-corrected chi connectivity index (χ1v) is 6.88. The van der Waals surface area contributed by atoms with Gasteiger partial charge in [-0.1, -0.05) is 24.3 Å². The maximum atomic E-state index is 13.0. The zero-order chi connectivity index (χ0) is 14.9. The van der Waals surface area contributed by atoms with Gasteiger partial charge in [-0.25, -0.2) is 0 Å². The molecule has 110 valence electrons. The lowest BCUT2D eigenvalue weighted by molar-refractivity contribution is -0.137. The number of nitrogens with zero attached hydrogens (tertiary/aromatic N) is 1. The lowest BCUT2D eigenvalue weighted by Crippen LogP contribution is -2.15. The van der Waals surface area contributed by atoms with Crippen LogP contribution < -0.4 is 5.32 Å². The number of benzene rings is 1. The highest BCUT2D eigenvalue weighted by atomic mass is 19.4. The van der Waals surface area contributed by atoms with Crippen LogP contribution in [0.25, 0.3) is 11.1 Å². The van der Waals surface area contributed by atoms with Crippen molar-refractivity contribution in [1.82, 2.24) is 10.3 Å². The number of aromatic nitrogens is 1. The molecule has 2 nitrogen and oxygen atoms in total. The first-order chi connectivity index (χ1) is 10.0. The maximum Gasteiger partial charge on any atom is 0.417 e. The van der Waals surface area contributed by atoms with E-state index < -0.39 is 11.7 Å². The van der Waals surface area contributed by atoms with Crippen LogP contribution in [-0.2, 0) is 12.7 Å². The van der Waals surface area contributed by atoms with Crippen molar-refractivity contribution < 1.29 is 13.2 Å². The Morgan fingerprint density at radius 1 is 1.10 bits per heavy atom. The van der Waals surface area contributed by atoms with Gasteiger partial charge in [-0.05, 0) is 30.0 Å². The van der Waals surface area contributed by atoms with Crippen molar-refractivity contribution in [3.63, 3.8) is 0 Å². The zero-order valence-electron chi connectivity index (χ0n) is 11.3. The van der Waals surface area contributed by atoms with Gasteiger partial charge in [0.05, 0.1) is 5.56 Å². The molecule has 1 aromatic heterocycles. The lowest BCUT2D eigenvalue weighted by atomic mass is 10.0. The highest BCUT2D eigenvalue weighted by Gasteiger charge is 2.33. The van der Waals surface area contributed by atoms with E-state index in [2.05, 4.69) is 10.3 Å². The largest absolute Gasteiger partial charge is 0.417 e. The zero-order valence-corrected chi connectivity index (χ0v) is 11.3. The molecular formula is C16H15F3N2. The second kappa shape index (κ2) is 5.48. The Kier molecular flexibility index (Phi) is 3.68. The number of hydrogen-bond acceptors (Lipinski definition) is 2. The van der Waals surface area contributed by atoms with Crippen LogP contribution in [0.5, 0.6) is 0 Å². The van der Waals surface area contributed by atoms with Crippen molar-refractivity contribution in [2.24, 2.45) is 0 Å². The Labute approximate surface area is 121 Å². The molecule has 1 fully saturated rings. The molecule has 1 aliphatic carbocycles. The summed E-state index contributed by atoms with van der Waals surface area (Å²) in [6, 6.07) is 8.78. The molecule has 1 N–H and O–H groups in total. The van der Waals surface area contributed by atoms with E-state index in [0.29, 0.717) is 11.6 Å². The minimum Gasteiger partial charge on any atom is -0.310 e. The van der Waals surface area contributed by atoms with Crippen LogP contribution in [0.1, 0.15) is 24.0 Å². The topological polar surface area (TPSA) is 24.9 Å². The van der Waals surface area contributed by atoms with Crippen molar-refractivity contribution >= 4 is 0 Å². The second-order valence-corrected chi connectivity index (χ2v) is 5.27. The molecule has 2 aromatic rings. The minimum atomic E-state index is -4.37. The van der Waals surface area contributed by atoms with Gasteiger partial charge >= 0.3 is 6.18 Å². The Bertz CT molecular complexity index is 616. The van der Waals surface area contributed by atoms with Crippen LogP contribution in [0, 0.1) is 0 Å². The molecule has 1 aliphatic rings. The molecule has 5 heteroatoms. The Hall–Kier alpha value is -1.88. The second-order valence-electron chi connectivity index (χ2n) is 5.27. The molecule has 0 spiro atoms. The van der Waals surface area contributed by atoms with E-state index in [4.69, 9.17) is 0 Å². The van der Waals surface area contributed by atoms with E-state index in [1.165, 1.54) is 25.2 Å². The molecule has 1 saturated carbocycles. The van der Waals surface area contributed by atoms with Gasteiger partial charge in [0.2, 0.25) is 0 Å². The van der Waals surface area contributed by atoms with Crippen molar-refractivity contribution in [1.29, 1.82) is 0 Å². The first-order valence-electron chi connectivity index (χ1n) is 6.88. The molecule has 0 unspecified atom stereocenters. The Morgan fingerprint density at radius 2 is 1.81 bits per heavy atom. The summed E-state index contributed by atoms with van der Waals surface area (Å²) >= 11 is 0. The molecule has 3 rings (SSSR count). The van der Waals surface area contributed by atoms with E-state index in [-0.39, 0.29) is 5.56 Å². The summed E-state index contributed by atoms with van der Waals surface area (Å²) in [5.41, 5.74) is 1.07. The Balaban J connectivity index is 1.83. The van der Waals surface area contributed by atoms with E-state index >= 15 is 0 Å². The molecule has 0 amide bonds. The van der Waals surface area contributed by atoms with Gasteiger partial charge in [0.15, 0.2) is 0 Å². The summed E-state index contributed by atoms with van der Waals surface area (Å²) in [7, 11) is 0. The predicted octanol–water partition coefficient (Wildman–Crippen LogP) is 4.02. The van der Waals surface area contributed by atoms with E-state index in [1.54, 1.807) is 12.1 Å². The van der Waals surface area contributed by atoms with Crippen LogP contribution in [0.3, 0.4) is 0 Å². The fraction of sp³-hybridized carbons (Fsp3) is 0.312. The number of hydrogen-bond donors (Lipinski definition) is 1. The first kappa shape index (κ1) is 14.1. The normalized spacial score (nSPS) is 15.2. The van der Waals surface area contributed by atoms with Gasteiger partial charge in [-0.15, -0.1) is 0 Å². The van der Waals surface area contributed by atoms with Crippen LogP contribution in [-0.4, -0.2) is 11.0 Å². The third-order valence-electron chi connectivity index (χ3n) is 3.56. The summed E-state index contributed by atoms with van der Waals surface area (Å²) < 4.78 is 39.0. The summed E-state index contributed by atoms with van der Waals surface area (Å²) in [5.74, 6) is 0. The maximum absolute atomic E-state index is 13.0. The fourth-order valence-corrected chi connectivity index (χ4v) is 2.22. The summed E-state index contributed by atoms with van der Waals surface area (Å²) in [6.45, 7) is 0.754. The van der Waals surface area contributed by atoms with Crippen molar-refractivity contribution in [3.8, 4) is 11.1 Å². The highest BCUT2D eigenvalue weighted by Crippen LogP contribution is 2.36. The lowest BCUT2D eigenvalue weighted by Gasteiger charge is -2.12. The molecule has 0 saturated heterocycles. The molecule has 0 atom stereocenters. The molecule has 1 aromatic carbocycles. The van der Waals surface area contributed by atoms with Crippen molar-refractivity contribution in [2.75, 3.05) is 0 Å². The van der Waals surface area contributed by atoms with Crippen LogP contribution >= 0.6 is 0 Å². The molecule has 1 heterocycles. The van der Waals surface area contributed by atoms with Crippen LogP contribution in [0.2, 0.25) is 0 Å². The van der Waals surface area contributed by atoms with Gasteiger partial charge < -0.3 is 5.32 Å². The smallest absolute Gasteiger partial charge is 0.310 e. The number of nitrogens with one attached hydrogen (secondary N) is 1. The van der Waals surface area contributed by atoms with Gasteiger partial charge in [0, 0.05) is 30.5 Å². The van der Waals surface area contributed by atoms with Gasteiger partial charge in [0.1, 0.15) is 0 Å². The third-order valence-corrected chi connectivity index (χ3v) is 3.56. The minimum absolute atomic E-state index is 0.117. The molecular weight excluding hydrogens is 277 g/mol. The van der Waals surface area contributed by atoms with Gasteiger partial charge in [-0.2, -0.15) is 13.2 Å². The highest BCUT2D eigenvalue weighted by molar-refractivity contribution is 5.67. The SMILES string of the molecule is FC(F)(F)c1ccncc1-c1ccc(CNC2CC2)cc1. The van der Waals surface area contributed by atoms with E-state index in [0.717, 1.165) is 18.2 Å². The van der Waals surface area contributed by atoms with E-state index in [9.17, 15) is 13.2 Å². The summed E-state index contributed by atoms with van der Waals surface area (Å²) in [6.07, 6.45) is 0.483. The summed E-state index contributed by atoms with van der Waals surface area (Å²) in [4.78, 5) is 3.81. The fourth-order valence-electron chi connectivity index (χ4n) is 2.22. The average molecular weight is 292 g/mol.